The predicted molar refractivity (Wildman–Crippen MR) is 97.3 cm³/mol. The highest BCUT2D eigenvalue weighted by Crippen LogP contribution is 2.34. The van der Waals surface area contributed by atoms with E-state index >= 15 is 0 Å². The molecule has 29 heavy (non-hydrogen) atoms. The van der Waals surface area contributed by atoms with E-state index < -0.39 is 18.1 Å². The van der Waals surface area contributed by atoms with Crippen LogP contribution >= 0.6 is 11.6 Å². The summed E-state index contributed by atoms with van der Waals surface area (Å²) >= 11 is 6.16. The third-order valence-electron chi connectivity index (χ3n) is 4.44. The number of nitriles is 1. The van der Waals surface area contributed by atoms with Crippen LogP contribution in [0.3, 0.4) is 0 Å². The van der Waals surface area contributed by atoms with Crippen LogP contribution < -0.4 is 0 Å². The van der Waals surface area contributed by atoms with Crippen molar-refractivity contribution in [1.82, 2.24) is 9.58 Å². The molecule has 5 nitrogen and oxygen atoms in total. The van der Waals surface area contributed by atoms with Crippen molar-refractivity contribution in [3.8, 4) is 6.07 Å². The number of ether oxygens (including phenoxy) is 1. The molecule has 0 amide bonds. The molecule has 2 aromatic carbocycles. The first-order valence-corrected chi connectivity index (χ1v) is 8.68. The number of hydrogen-bond donors (Lipinski definition) is 0. The van der Waals surface area contributed by atoms with Gasteiger partial charge in [-0.15, -0.1) is 5.10 Å². The lowest BCUT2D eigenvalue weighted by Crippen LogP contribution is -2.20. The van der Waals surface area contributed by atoms with E-state index in [-0.39, 0.29) is 41.1 Å². The van der Waals surface area contributed by atoms with Gasteiger partial charge >= 0.3 is 0 Å². The quantitative estimate of drug-likeness (QED) is 0.556. The van der Waals surface area contributed by atoms with E-state index in [0.29, 0.717) is 17.0 Å². The van der Waals surface area contributed by atoms with Crippen LogP contribution in [0.5, 0.6) is 0 Å². The summed E-state index contributed by atoms with van der Waals surface area (Å²) in [6.07, 6.45) is -2.80. The minimum Gasteiger partial charge on any atom is -0.453 e. The minimum absolute atomic E-state index is 0.0398. The maximum atomic E-state index is 13.9. The molecule has 0 radical (unpaired) electrons. The Kier molecular flexibility index (Phi) is 4.80. The summed E-state index contributed by atoms with van der Waals surface area (Å²) in [4.78, 5) is 0. The van der Waals surface area contributed by atoms with Crippen molar-refractivity contribution in [3.05, 3.63) is 69.9 Å². The normalized spacial score (nSPS) is 13.7. The zero-order valence-electron chi connectivity index (χ0n) is 14.5. The Hall–Kier alpha value is -3.25. The highest BCUT2D eigenvalue weighted by Gasteiger charge is 2.25. The van der Waals surface area contributed by atoms with Gasteiger partial charge in [0.1, 0.15) is 24.4 Å². The fourth-order valence-electron chi connectivity index (χ4n) is 3.10. The van der Waals surface area contributed by atoms with Gasteiger partial charge in [0.15, 0.2) is 6.73 Å². The standard InChI is InChI=1S/C19H11ClF4N4O/c20-17-10(7-25)1-4-15-13(17)6-16(18(23)24)28(15)8-27-9-29-19(26-27)12-3-2-11(21)5-14(12)22/h1-6,18H,8-9H2. The summed E-state index contributed by atoms with van der Waals surface area (Å²) in [6, 6.07) is 9.05. The number of aromatic nitrogens is 1. The summed E-state index contributed by atoms with van der Waals surface area (Å²) in [6.45, 7) is -0.240. The molecule has 1 aromatic heterocycles. The Morgan fingerprint density at radius 3 is 2.69 bits per heavy atom. The average Bonchev–Trinajstić information content (AvgIpc) is 3.28. The molecule has 0 fully saturated rings. The van der Waals surface area contributed by atoms with Crippen LogP contribution in [-0.2, 0) is 11.4 Å². The van der Waals surface area contributed by atoms with Gasteiger partial charge < -0.3 is 9.30 Å². The van der Waals surface area contributed by atoms with E-state index in [1.54, 1.807) is 0 Å². The molecule has 2 heterocycles. The van der Waals surface area contributed by atoms with Gasteiger partial charge in [0.25, 0.3) is 6.43 Å². The predicted octanol–water partition coefficient (Wildman–Crippen LogP) is 4.99. The summed E-state index contributed by atoms with van der Waals surface area (Å²) in [7, 11) is 0. The van der Waals surface area contributed by atoms with Crippen molar-refractivity contribution in [3.63, 3.8) is 0 Å². The van der Waals surface area contributed by atoms with Crippen molar-refractivity contribution in [2.75, 3.05) is 6.73 Å². The molecule has 0 atom stereocenters. The Morgan fingerprint density at radius 1 is 1.21 bits per heavy atom. The number of rotatable bonds is 4. The smallest absolute Gasteiger partial charge is 0.278 e. The number of alkyl halides is 2. The lowest BCUT2D eigenvalue weighted by atomic mass is 10.1. The number of hydrogen-bond acceptors (Lipinski definition) is 4. The highest BCUT2D eigenvalue weighted by atomic mass is 35.5. The van der Waals surface area contributed by atoms with E-state index in [1.165, 1.54) is 33.8 Å². The van der Waals surface area contributed by atoms with Crippen molar-refractivity contribution < 1.29 is 22.3 Å². The summed E-state index contributed by atoms with van der Waals surface area (Å²) in [5.74, 6) is -1.67. The molecule has 3 aromatic rings. The second-order valence-corrected chi connectivity index (χ2v) is 6.60. The first kappa shape index (κ1) is 19.1. The van der Waals surface area contributed by atoms with E-state index in [1.807, 2.05) is 6.07 Å². The zero-order valence-corrected chi connectivity index (χ0v) is 15.3. The van der Waals surface area contributed by atoms with Gasteiger partial charge in [-0.1, -0.05) is 11.6 Å². The van der Waals surface area contributed by atoms with Crippen molar-refractivity contribution in [2.24, 2.45) is 5.10 Å². The molecule has 0 bridgehead atoms. The van der Waals surface area contributed by atoms with Crippen molar-refractivity contribution in [1.29, 1.82) is 5.26 Å². The molecule has 0 aliphatic carbocycles. The molecule has 4 rings (SSSR count). The number of fused-ring (bicyclic) bond motifs is 1. The van der Waals surface area contributed by atoms with Crippen LogP contribution in [0.25, 0.3) is 10.9 Å². The van der Waals surface area contributed by atoms with Gasteiger partial charge in [0.2, 0.25) is 5.90 Å². The van der Waals surface area contributed by atoms with Crippen molar-refractivity contribution >= 4 is 28.4 Å². The van der Waals surface area contributed by atoms with Gasteiger partial charge in [-0.2, -0.15) is 5.26 Å². The fourth-order valence-corrected chi connectivity index (χ4v) is 3.35. The maximum Gasteiger partial charge on any atom is 0.278 e. The van der Waals surface area contributed by atoms with Gasteiger partial charge in [0.05, 0.1) is 27.4 Å². The third-order valence-corrected chi connectivity index (χ3v) is 4.85. The third kappa shape index (κ3) is 3.36. The van der Waals surface area contributed by atoms with Crippen LogP contribution in [0.1, 0.15) is 23.2 Å². The average molecular weight is 423 g/mol. The number of nitrogens with zero attached hydrogens (tertiary/aromatic N) is 4. The van der Waals surface area contributed by atoms with E-state index in [2.05, 4.69) is 5.10 Å². The molecule has 0 N–H and O–H groups in total. The number of hydrazone groups is 1. The monoisotopic (exact) mass is 422 g/mol. The molecular weight excluding hydrogens is 412 g/mol. The van der Waals surface area contributed by atoms with Gasteiger partial charge in [0, 0.05) is 11.5 Å². The number of benzene rings is 2. The highest BCUT2D eigenvalue weighted by molar-refractivity contribution is 6.36. The second-order valence-electron chi connectivity index (χ2n) is 6.22. The lowest BCUT2D eigenvalue weighted by Gasteiger charge is -2.16. The van der Waals surface area contributed by atoms with Gasteiger partial charge in [-0.25, -0.2) is 22.6 Å². The Morgan fingerprint density at radius 2 is 2.00 bits per heavy atom. The fraction of sp³-hybridized carbons (Fsp3) is 0.158. The van der Waals surface area contributed by atoms with Gasteiger partial charge in [-0.3, -0.25) is 0 Å². The molecule has 0 saturated carbocycles. The topological polar surface area (TPSA) is 53.5 Å². The Balaban J connectivity index is 1.71. The molecular formula is C19H11ClF4N4O. The summed E-state index contributed by atoms with van der Waals surface area (Å²) < 4.78 is 60.8. The van der Waals surface area contributed by atoms with Crippen LogP contribution in [0.15, 0.2) is 41.5 Å². The largest absolute Gasteiger partial charge is 0.453 e. The molecule has 1 aliphatic rings. The molecule has 1 aliphatic heterocycles. The van der Waals surface area contributed by atoms with Gasteiger partial charge in [-0.05, 0) is 30.3 Å². The maximum absolute atomic E-state index is 13.9. The van der Waals surface area contributed by atoms with Crippen LogP contribution in [0.4, 0.5) is 17.6 Å². The number of halogens is 5. The molecule has 0 unspecified atom stereocenters. The van der Waals surface area contributed by atoms with Crippen LogP contribution in [0.2, 0.25) is 5.02 Å². The summed E-state index contributed by atoms with van der Waals surface area (Å²) in [5, 5.41) is 14.9. The van der Waals surface area contributed by atoms with Crippen LogP contribution in [-0.4, -0.2) is 22.2 Å². The molecule has 0 spiro atoms. The minimum atomic E-state index is -2.80. The molecule has 0 saturated heterocycles. The lowest BCUT2D eigenvalue weighted by molar-refractivity contribution is 0.114. The SMILES string of the molecule is N#Cc1ccc2c(cc(C(F)F)n2CN2COC(c3ccc(F)cc3F)=N2)c1Cl. The molecule has 148 valence electrons. The van der Waals surface area contributed by atoms with E-state index in [9.17, 15) is 17.6 Å². The summed E-state index contributed by atoms with van der Waals surface area (Å²) in [5.41, 5.74) is 0.213. The zero-order chi connectivity index (χ0) is 20.7. The van der Waals surface area contributed by atoms with Crippen molar-refractivity contribution in [2.45, 2.75) is 13.1 Å². The first-order valence-electron chi connectivity index (χ1n) is 8.30. The molecule has 10 heteroatoms. The van der Waals surface area contributed by atoms with E-state index in [4.69, 9.17) is 21.6 Å². The van der Waals surface area contributed by atoms with Crippen LogP contribution in [0, 0.1) is 23.0 Å². The second kappa shape index (κ2) is 7.29. The Bertz CT molecular complexity index is 1190. The van der Waals surface area contributed by atoms with E-state index in [0.717, 1.165) is 6.07 Å². The Labute approximate surface area is 167 Å². The first-order chi connectivity index (χ1) is 13.9.